The number of hydrogen-bond acceptors (Lipinski definition) is 6. The SMILES string of the molecule is C[n+]1ccccc1CC1C([N+](=O)[O-])=CNc2nnnn21. The van der Waals surface area contributed by atoms with Gasteiger partial charge in [-0.3, -0.25) is 10.1 Å². The minimum atomic E-state index is -0.537. The summed E-state index contributed by atoms with van der Waals surface area (Å²) in [5.41, 5.74) is 0.988. The molecular formula is C11H12N7O2+. The van der Waals surface area contributed by atoms with E-state index in [-0.39, 0.29) is 5.70 Å². The van der Waals surface area contributed by atoms with Gasteiger partial charge in [0.1, 0.15) is 7.05 Å². The molecule has 1 unspecified atom stereocenters. The second-order valence-corrected chi connectivity index (χ2v) is 4.44. The third-order valence-corrected chi connectivity index (χ3v) is 3.25. The summed E-state index contributed by atoms with van der Waals surface area (Å²) in [7, 11) is 1.90. The van der Waals surface area contributed by atoms with Crippen LogP contribution in [-0.4, -0.2) is 25.1 Å². The van der Waals surface area contributed by atoms with Gasteiger partial charge >= 0.3 is 0 Å². The lowest BCUT2D eigenvalue weighted by atomic mass is 10.1. The van der Waals surface area contributed by atoms with E-state index in [9.17, 15) is 10.1 Å². The smallest absolute Gasteiger partial charge is 0.287 e. The highest BCUT2D eigenvalue weighted by Gasteiger charge is 2.35. The van der Waals surface area contributed by atoms with E-state index in [2.05, 4.69) is 20.8 Å². The van der Waals surface area contributed by atoms with Crippen LogP contribution in [-0.2, 0) is 13.5 Å². The summed E-state index contributed by atoms with van der Waals surface area (Å²) in [6.07, 6.45) is 3.68. The molecule has 3 rings (SSSR count). The fraction of sp³-hybridized carbons (Fsp3) is 0.273. The predicted octanol–water partition coefficient (Wildman–Crippen LogP) is -0.175. The van der Waals surface area contributed by atoms with E-state index in [1.165, 1.54) is 10.9 Å². The number of hydrogen-bond donors (Lipinski definition) is 1. The van der Waals surface area contributed by atoms with Crippen molar-refractivity contribution >= 4 is 5.95 Å². The zero-order valence-electron chi connectivity index (χ0n) is 10.7. The molecule has 1 aliphatic rings. The van der Waals surface area contributed by atoms with Crippen LogP contribution in [0.4, 0.5) is 5.95 Å². The van der Waals surface area contributed by atoms with E-state index in [1.807, 2.05) is 36.0 Å². The van der Waals surface area contributed by atoms with Crippen molar-refractivity contribution in [1.29, 1.82) is 0 Å². The molecule has 0 aromatic carbocycles. The number of allylic oxidation sites excluding steroid dienone is 1. The van der Waals surface area contributed by atoms with Crippen molar-refractivity contribution < 1.29 is 9.49 Å². The van der Waals surface area contributed by atoms with Crippen molar-refractivity contribution in [2.45, 2.75) is 12.5 Å². The Morgan fingerprint density at radius 1 is 1.55 bits per heavy atom. The normalized spacial score (nSPS) is 17.1. The van der Waals surface area contributed by atoms with Crippen LogP contribution in [0.2, 0.25) is 0 Å². The molecule has 0 fully saturated rings. The molecule has 20 heavy (non-hydrogen) atoms. The van der Waals surface area contributed by atoms with E-state index in [1.54, 1.807) is 0 Å². The second kappa shape index (κ2) is 4.68. The van der Waals surface area contributed by atoms with Gasteiger partial charge in [0.2, 0.25) is 5.95 Å². The first-order valence-electron chi connectivity index (χ1n) is 5.99. The number of aromatic nitrogens is 5. The van der Waals surface area contributed by atoms with Crippen molar-refractivity contribution in [3.63, 3.8) is 0 Å². The molecule has 0 bridgehead atoms. The van der Waals surface area contributed by atoms with Crippen LogP contribution in [0.5, 0.6) is 0 Å². The number of rotatable bonds is 3. The van der Waals surface area contributed by atoms with Crippen molar-refractivity contribution in [1.82, 2.24) is 20.2 Å². The first kappa shape index (κ1) is 12.2. The topological polar surface area (TPSA) is 103 Å². The van der Waals surface area contributed by atoms with E-state index >= 15 is 0 Å². The number of tetrazole rings is 1. The van der Waals surface area contributed by atoms with Gasteiger partial charge in [0.15, 0.2) is 17.9 Å². The molecule has 0 saturated heterocycles. The van der Waals surface area contributed by atoms with E-state index in [0.29, 0.717) is 12.4 Å². The van der Waals surface area contributed by atoms with Crippen LogP contribution in [0, 0.1) is 10.1 Å². The first-order valence-corrected chi connectivity index (χ1v) is 5.99. The monoisotopic (exact) mass is 274 g/mol. The van der Waals surface area contributed by atoms with Gasteiger partial charge < -0.3 is 5.32 Å². The Bertz CT molecular complexity index is 694. The lowest BCUT2D eigenvalue weighted by molar-refractivity contribution is -0.679. The number of nitrogens with zero attached hydrogens (tertiary/aromatic N) is 6. The molecule has 0 radical (unpaired) electrons. The molecule has 1 N–H and O–H groups in total. The van der Waals surface area contributed by atoms with Crippen LogP contribution in [0.15, 0.2) is 36.3 Å². The maximum Gasteiger partial charge on any atom is 0.287 e. The van der Waals surface area contributed by atoms with Crippen molar-refractivity contribution in [2.24, 2.45) is 7.05 Å². The standard InChI is InChI=1S/C11H12N7O2/c1-16-5-3-2-4-8(16)6-9-10(18(19)20)7-12-11-13-14-15-17(9)11/h2-5,7,9H,6H2,1H3,(H,12,13,15)/q+1. The van der Waals surface area contributed by atoms with Gasteiger partial charge in [0.25, 0.3) is 5.70 Å². The molecule has 9 heteroatoms. The molecule has 1 aliphatic heterocycles. The summed E-state index contributed by atoms with van der Waals surface area (Å²) < 4.78 is 3.36. The minimum absolute atomic E-state index is 0.0358. The van der Waals surface area contributed by atoms with Gasteiger partial charge in [-0.05, 0) is 10.4 Å². The molecular weight excluding hydrogens is 262 g/mol. The van der Waals surface area contributed by atoms with Crippen LogP contribution < -0.4 is 9.88 Å². The second-order valence-electron chi connectivity index (χ2n) is 4.44. The number of pyridine rings is 1. The molecule has 0 aliphatic carbocycles. The Morgan fingerprint density at radius 2 is 2.40 bits per heavy atom. The summed E-state index contributed by atoms with van der Waals surface area (Å²) in [4.78, 5) is 10.8. The highest BCUT2D eigenvalue weighted by molar-refractivity contribution is 5.34. The van der Waals surface area contributed by atoms with Gasteiger partial charge in [0.05, 0.1) is 17.5 Å². The Hall–Kier alpha value is -2.84. The first-order chi connectivity index (χ1) is 9.66. The average molecular weight is 274 g/mol. The summed E-state index contributed by atoms with van der Waals surface area (Å²) in [6.45, 7) is 0. The Labute approximate surface area is 113 Å². The van der Waals surface area contributed by atoms with Gasteiger partial charge in [0, 0.05) is 12.1 Å². The Balaban J connectivity index is 2.00. The molecule has 0 saturated carbocycles. The number of nitrogens with one attached hydrogen (secondary N) is 1. The van der Waals surface area contributed by atoms with E-state index in [4.69, 9.17) is 0 Å². The average Bonchev–Trinajstić information content (AvgIpc) is 2.90. The molecule has 2 aromatic rings. The molecule has 2 aromatic heterocycles. The zero-order chi connectivity index (χ0) is 14.1. The number of anilines is 1. The lowest BCUT2D eigenvalue weighted by Gasteiger charge is -2.18. The fourth-order valence-electron chi connectivity index (χ4n) is 2.19. The quantitative estimate of drug-likeness (QED) is 0.473. The molecule has 9 nitrogen and oxygen atoms in total. The highest BCUT2D eigenvalue weighted by atomic mass is 16.6. The zero-order valence-corrected chi connectivity index (χ0v) is 10.7. The van der Waals surface area contributed by atoms with E-state index < -0.39 is 11.0 Å². The number of aryl methyl sites for hydroxylation is 1. The van der Waals surface area contributed by atoms with Gasteiger partial charge in [-0.1, -0.05) is 11.2 Å². The van der Waals surface area contributed by atoms with E-state index in [0.717, 1.165) is 5.69 Å². The molecule has 1 atom stereocenters. The third kappa shape index (κ3) is 1.98. The Morgan fingerprint density at radius 3 is 3.15 bits per heavy atom. The van der Waals surface area contributed by atoms with Crippen LogP contribution in [0.3, 0.4) is 0 Å². The minimum Gasteiger partial charge on any atom is -0.324 e. The molecule has 102 valence electrons. The summed E-state index contributed by atoms with van der Waals surface area (Å²) >= 11 is 0. The number of fused-ring (bicyclic) bond motifs is 1. The van der Waals surface area contributed by atoms with Crippen molar-refractivity contribution in [3.8, 4) is 0 Å². The van der Waals surface area contributed by atoms with Gasteiger partial charge in [-0.2, -0.15) is 4.68 Å². The molecule has 3 heterocycles. The molecule has 0 amide bonds. The fourth-order valence-corrected chi connectivity index (χ4v) is 2.19. The lowest BCUT2D eigenvalue weighted by Crippen LogP contribution is -2.36. The van der Waals surface area contributed by atoms with Crippen LogP contribution >= 0.6 is 0 Å². The highest BCUT2D eigenvalue weighted by Crippen LogP contribution is 2.27. The summed E-state index contributed by atoms with van der Waals surface area (Å²) in [5.74, 6) is 0.402. The summed E-state index contributed by atoms with van der Waals surface area (Å²) in [5, 5.41) is 25.1. The third-order valence-electron chi connectivity index (χ3n) is 3.25. The maximum atomic E-state index is 11.2. The van der Waals surface area contributed by atoms with Gasteiger partial charge in [-0.15, -0.1) is 0 Å². The number of nitro groups is 1. The maximum absolute atomic E-state index is 11.2. The summed E-state index contributed by atoms with van der Waals surface area (Å²) in [6, 6.07) is 5.18. The predicted molar refractivity (Wildman–Crippen MR) is 66.9 cm³/mol. The van der Waals surface area contributed by atoms with Crippen molar-refractivity contribution in [2.75, 3.05) is 5.32 Å². The molecule has 0 spiro atoms. The van der Waals surface area contributed by atoms with Crippen LogP contribution in [0.25, 0.3) is 0 Å². The van der Waals surface area contributed by atoms with Crippen molar-refractivity contribution in [3.05, 3.63) is 52.1 Å². The Kier molecular flexibility index (Phi) is 2.86. The van der Waals surface area contributed by atoms with Crippen LogP contribution in [0.1, 0.15) is 11.7 Å². The largest absolute Gasteiger partial charge is 0.324 e. The van der Waals surface area contributed by atoms with Gasteiger partial charge in [-0.25, -0.2) is 4.57 Å².